The van der Waals surface area contributed by atoms with E-state index in [1.165, 1.54) is 6.20 Å². The summed E-state index contributed by atoms with van der Waals surface area (Å²) in [6, 6.07) is 9.27. The maximum Gasteiger partial charge on any atom is 0.278 e. The van der Waals surface area contributed by atoms with Gasteiger partial charge >= 0.3 is 0 Å². The first-order valence-electron chi connectivity index (χ1n) is 11.1. The van der Waals surface area contributed by atoms with Crippen LogP contribution in [0, 0.1) is 16.7 Å². The number of aliphatic hydroxyl groups is 1. The lowest BCUT2D eigenvalue weighted by Gasteiger charge is -2.40. The molecule has 1 aromatic heterocycles. The normalized spacial score (nSPS) is 20.0. The van der Waals surface area contributed by atoms with Gasteiger partial charge in [0.15, 0.2) is 6.61 Å². The van der Waals surface area contributed by atoms with Crippen LogP contribution in [0.2, 0.25) is 0 Å². The molecule has 1 saturated carbocycles. The van der Waals surface area contributed by atoms with Gasteiger partial charge in [-0.3, -0.25) is 0 Å². The molecule has 33 heavy (non-hydrogen) atoms. The van der Waals surface area contributed by atoms with Crippen LogP contribution >= 0.6 is 0 Å². The maximum atomic E-state index is 13.0. The second-order valence-corrected chi connectivity index (χ2v) is 9.38. The summed E-state index contributed by atoms with van der Waals surface area (Å²) < 4.78 is 31.2. The van der Waals surface area contributed by atoms with E-state index in [1.807, 2.05) is 19.9 Å². The number of nitrogens with one attached hydrogen (secondary N) is 2. The van der Waals surface area contributed by atoms with E-state index in [9.17, 15) is 19.1 Å². The first-order valence-corrected chi connectivity index (χ1v) is 11.1. The standard InChI is InChI=1S/C24H31F2N5O2/c1-23(2)12-18(7-8-20(23)32)30-21-17(13-27)14-29-22(31-21)28-10-9-16-5-4-6-19(11-16)33-15-24(3,25)26/h4-6,11,14,18,20,32H,7-10,12,15H2,1-3H3,(H2,28,29,30,31)/t18-,20+/m1/s1. The van der Waals surface area contributed by atoms with Gasteiger partial charge in [0, 0.05) is 19.5 Å². The first kappa shape index (κ1) is 24.6. The van der Waals surface area contributed by atoms with E-state index in [4.69, 9.17) is 4.74 Å². The topological polar surface area (TPSA) is 103 Å². The van der Waals surface area contributed by atoms with Crippen LogP contribution in [0.4, 0.5) is 20.5 Å². The van der Waals surface area contributed by atoms with Gasteiger partial charge in [0.25, 0.3) is 5.92 Å². The highest BCUT2D eigenvalue weighted by Crippen LogP contribution is 2.37. The number of hydrogen-bond acceptors (Lipinski definition) is 7. The fourth-order valence-corrected chi connectivity index (χ4v) is 3.92. The predicted octanol–water partition coefficient (Wildman–Crippen LogP) is 4.39. The lowest BCUT2D eigenvalue weighted by Crippen LogP contribution is -2.41. The van der Waals surface area contributed by atoms with Crippen molar-refractivity contribution in [2.24, 2.45) is 5.41 Å². The summed E-state index contributed by atoms with van der Waals surface area (Å²) in [5.74, 6) is -1.62. The number of halogens is 2. The van der Waals surface area contributed by atoms with Crippen LogP contribution in [0.25, 0.3) is 0 Å². The number of hydrogen-bond donors (Lipinski definition) is 3. The molecule has 2 atom stereocenters. The molecule has 0 amide bonds. The quantitative estimate of drug-likeness (QED) is 0.511. The molecule has 0 radical (unpaired) electrons. The zero-order chi connectivity index (χ0) is 24.1. The van der Waals surface area contributed by atoms with Gasteiger partial charge in [0.2, 0.25) is 5.95 Å². The molecule has 0 spiro atoms. The predicted molar refractivity (Wildman–Crippen MR) is 123 cm³/mol. The SMILES string of the molecule is CC(F)(F)COc1cccc(CCNc2ncc(C#N)c(N[C@@H]3CC[C@H](O)C(C)(C)C3)n2)c1. The van der Waals surface area contributed by atoms with Crippen LogP contribution in [0.3, 0.4) is 0 Å². The lowest BCUT2D eigenvalue weighted by atomic mass is 9.73. The molecule has 7 nitrogen and oxygen atoms in total. The highest BCUT2D eigenvalue weighted by Gasteiger charge is 2.36. The molecule has 0 saturated heterocycles. The van der Waals surface area contributed by atoms with E-state index in [1.54, 1.807) is 18.2 Å². The van der Waals surface area contributed by atoms with Crippen molar-refractivity contribution < 1.29 is 18.6 Å². The Morgan fingerprint density at radius 2 is 2.12 bits per heavy atom. The fourth-order valence-electron chi connectivity index (χ4n) is 3.92. The summed E-state index contributed by atoms with van der Waals surface area (Å²) in [6.07, 6.45) is 4.02. The maximum absolute atomic E-state index is 13.0. The zero-order valence-corrected chi connectivity index (χ0v) is 19.2. The van der Waals surface area contributed by atoms with Gasteiger partial charge in [-0.1, -0.05) is 26.0 Å². The summed E-state index contributed by atoms with van der Waals surface area (Å²) in [6.45, 7) is 4.75. The van der Waals surface area contributed by atoms with Crippen molar-refractivity contribution in [1.29, 1.82) is 5.26 Å². The van der Waals surface area contributed by atoms with E-state index in [-0.39, 0.29) is 17.6 Å². The van der Waals surface area contributed by atoms with E-state index < -0.39 is 12.5 Å². The Morgan fingerprint density at radius 3 is 2.82 bits per heavy atom. The zero-order valence-electron chi connectivity index (χ0n) is 19.2. The Labute approximate surface area is 193 Å². The fraction of sp³-hybridized carbons (Fsp3) is 0.542. The third-order valence-corrected chi connectivity index (χ3v) is 5.80. The van der Waals surface area contributed by atoms with Crippen LogP contribution in [0.15, 0.2) is 30.5 Å². The number of ether oxygens (including phenoxy) is 1. The molecule has 3 rings (SSSR count). The van der Waals surface area contributed by atoms with Crippen LogP contribution in [-0.4, -0.2) is 46.3 Å². The van der Waals surface area contributed by atoms with Crippen molar-refractivity contribution in [2.75, 3.05) is 23.8 Å². The number of nitrogens with zero attached hydrogens (tertiary/aromatic N) is 3. The molecule has 0 bridgehead atoms. The summed E-state index contributed by atoms with van der Waals surface area (Å²) in [4.78, 5) is 8.70. The molecule has 1 aromatic carbocycles. The largest absolute Gasteiger partial charge is 0.487 e. The average Bonchev–Trinajstić information content (AvgIpc) is 2.75. The van der Waals surface area contributed by atoms with E-state index in [2.05, 4.69) is 26.7 Å². The van der Waals surface area contributed by atoms with Gasteiger partial charge in [0.05, 0.1) is 12.3 Å². The number of alkyl halides is 2. The van der Waals surface area contributed by atoms with Crippen molar-refractivity contribution >= 4 is 11.8 Å². The Balaban J connectivity index is 1.58. The summed E-state index contributed by atoms with van der Waals surface area (Å²) in [5.41, 5.74) is 1.08. The molecule has 1 aliphatic rings. The molecular weight excluding hydrogens is 428 g/mol. The van der Waals surface area contributed by atoms with Crippen LogP contribution < -0.4 is 15.4 Å². The van der Waals surface area contributed by atoms with Gasteiger partial charge in [-0.2, -0.15) is 10.2 Å². The van der Waals surface area contributed by atoms with E-state index >= 15 is 0 Å². The Morgan fingerprint density at radius 1 is 1.33 bits per heavy atom. The summed E-state index contributed by atoms with van der Waals surface area (Å²) >= 11 is 0. The molecule has 0 unspecified atom stereocenters. The third-order valence-electron chi connectivity index (χ3n) is 5.80. The minimum absolute atomic E-state index is 0.108. The summed E-state index contributed by atoms with van der Waals surface area (Å²) in [5, 5.41) is 26.1. The monoisotopic (exact) mass is 459 g/mol. The van der Waals surface area contributed by atoms with Gasteiger partial charge in [0.1, 0.15) is 23.2 Å². The van der Waals surface area contributed by atoms with E-state index in [0.717, 1.165) is 25.3 Å². The molecule has 9 heteroatoms. The first-order chi connectivity index (χ1) is 15.6. The van der Waals surface area contributed by atoms with Crippen LogP contribution in [-0.2, 0) is 6.42 Å². The van der Waals surface area contributed by atoms with Crippen molar-refractivity contribution in [3.8, 4) is 11.8 Å². The lowest BCUT2D eigenvalue weighted by molar-refractivity contribution is -0.0229. The average molecular weight is 460 g/mol. The minimum Gasteiger partial charge on any atom is -0.487 e. The molecule has 1 fully saturated rings. The molecular formula is C24H31F2N5O2. The Bertz CT molecular complexity index is 988. The van der Waals surface area contributed by atoms with Crippen molar-refractivity contribution in [2.45, 2.75) is 64.5 Å². The summed E-state index contributed by atoms with van der Waals surface area (Å²) in [7, 11) is 0. The van der Waals surface area contributed by atoms with Crippen molar-refractivity contribution in [3.05, 3.63) is 41.6 Å². The van der Waals surface area contributed by atoms with Crippen molar-refractivity contribution in [1.82, 2.24) is 9.97 Å². The second-order valence-electron chi connectivity index (χ2n) is 9.38. The number of nitriles is 1. The number of aromatic nitrogens is 2. The third kappa shape index (κ3) is 7.26. The minimum atomic E-state index is -2.89. The highest BCUT2D eigenvalue weighted by atomic mass is 19.3. The van der Waals surface area contributed by atoms with Gasteiger partial charge in [-0.15, -0.1) is 0 Å². The van der Waals surface area contributed by atoms with Crippen molar-refractivity contribution in [3.63, 3.8) is 0 Å². The number of rotatable bonds is 9. The molecule has 1 heterocycles. The van der Waals surface area contributed by atoms with Gasteiger partial charge in [-0.05, 0) is 48.8 Å². The van der Waals surface area contributed by atoms with Gasteiger partial charge in [-0.25, -0.2) is 13.8 Å². The molecule has 2 aromatic rings. The number of aliphatic hydroxyl groups excluding tert-OH is 1. The molecule has 3 N–H and O–H groups in total. The van der Waals surface area contributed by atoms with Gasteiger partial charge < -0.3 is 20.5 Å². The highest BCUT2D eigenvalue weighted by molar-refractivity contribution is 5.54. The van der Waals surface area contributed by atoms with Crippen LogP contribution in [0.5, 0.6) is 5.75 Å². The van der Waals surface area contributed by atoms with Crippen LogP contribution in [0.1, 0.15) is 51.2 Å². The molecule has 0 aliphatic heterocycles. The van der Waals surface area contributed by atoms with E-state index in [0.29, 0.717) is 42.5 Å². The molecule has 1 aliphatic carbocycles. The Hall–Kier alpha value is -2.99. The second kappa shape index (κ2) is 10.3. The smallest absolute Gasteiger partial charge is 0.278 e. The Kier molecular flexibility index (Phi) is 7.69. The molecule has 178 valence electrons. The number of benzene rings is 1. The number of anilines is 2.